The van der Waals surface area contributed by atoms with Crippen LogP contribution in [0.15, 0.2) is 0 Å². The summed E-state index contributed by atoms with van der Waals surface area (Å²) in [5, 5.41) is 3.47. The largest absolute Gasteiger partial charge is 0.380 e. The smallest absolute Gasteiger partial charge is 0.0590 e. The SMILES string of the molecule is CCCCCCC(C)NCCOCC. The third-order valence-electron chi connectivity index (χ3n) is 2.43. The number of unbranched alkanes of at least 4 members (excludes halogenated alkanes) is 3. The van der Waals surface area contributed by atoms with Crippen LogP contribution in [0.1, 0.15) is 52.9 Å². The van der Waals surface area contributed by atoms with E-state index in [2.05, 4.69) is 19.2 Å². The maximum absolute atomic E-state index is 5.26. The first-order valence-electron chi connectivity index (χ1n) is 6.12. The zero-order valence-electron chi connectivity index (χ0n) is 10.1. The average Bonchev–Trinajstić information content (AvgIpc) is 2.19. The molecule has 86 valence electrons. The van der Waals surface area contributed by atoms with Gasteiger partial charge in [0.15, 0.2) is 0 Å². The highest BCUT2D eigenvalue weighted by atomic mass is 16.5. The minimum absolute atomic E-state index is 0.646. The Kier molecular flexibility index (Phi) is 10.9. The minimum atomic E-state index is 0.646. The molecule has 14 heavy (non-hydrogen) atoms. The molecule has 1 unspecified atom stereocenters. The van der Waals surface area contributed by atoms with Crippen molar-refractivity contribution in [1.82, 2.24) is 5.32 Å². The van der Waals surface area contributed by atoms with E-state index in [0.717, 1.165) is 19.8 Å². The van der Waals surface area contributed by atoms with Gasteiger partial charge in [0.25, 0.3) is 0 Å². The first kappa shape index (κ1) is 13.9. The molecule has 0 radical (unpaired) electrons. The summed E-state index contributed by atoms with van der Waals surface area (Å²) in [6.07, 6.45) is 6.74. The second kappa shape index (κ2) is 11.0. The van der Waals surface area contributed by atoms with Crippen molar-refractivity contribution in [3.63, 3.8) is 0 Å². The molecule has 2 nitrogen and oxygen atoms in total. The van der Waals surface area contributed by atoms with Crippen molar-refractivity contribution in [3.05, 3.63) is 0 Å². The van der Waals surface area contributed by atoms with Crippen LogP contribution in [-0.4, -0.2) is 25.8 Å². The van der Waals surface area contributed by atoms with E-state index in [1.807, 2.05) is 6.92 Å². The van der Waals surface area contributed by atoms with Gasteiger partial charge in [0.05, 0.1) is 6.61 Å². The molecular formula is C12H27NO. The summed E-state index contributed by atoms with van der Waals surface area (Å²) in [4.78, 5) is 0. The molecule has 0 saturated heterocycles. The molecule has 2 heteroatoms. The lowest BCUT2D eigenvalue weighted by Crippen LogP contribution is -2.29. The van der Waals surface area contributed by atoms with E-state index in [9.17, 15) is 0 Å². The molecule has 0 amide bonds. The van der Waals surface area contributed by atoms with E-state index in [4.69, 9.17) is 4.74 Å². The predicted molar refractivity (Wildman–Crippen MR) is 62.7 cm³/mol. The Morgan fingerprint density at radius 1 is 1.14 bits per heavy atom. The summed E-state index contributed by atoms with van der Waals surface area (Å²) in [6.45, 7) is 9.21. The molecule has 0 aliphatic rings. The van der Waals surface area contributed by atoms with Gasteiger partial charge in [0, 0.05) is 19.2 Å². The van der Waals surface area contributed by atoms with Gasteiger partial charge in [-0.25, -0.2) is 0 Å². The molecule has 0 spiro atoms. The first-order chi connectivity index (χ1) is 6.81. The molecule has 0 aromatic carbocycles. The summed E-state index contributed by atoms with van der Waals surface area (Å²) >= 11 is 0. The zero-order valence-corrected chi connectivity index (χ0v) is 10.1. The second-order valence-electron chi connectivity index (χ2n) is 3.90. The molecular weight excluding hydrogens is 174 g/mol. The minimum Gasteiger partial charge on any atom is -0.380 e. The van der Waals surface area contributed by atoms with Crippen molar-refractivity contribution in [2.75, 3.05) is 19.8 Å². The molecule has 0 fully saturated rings. The average molecular weight is 201 g/mol. The molecule has 0 saturated carbocycles. The summed E-state index contributed by atoms with van der Waals surface area (Å²) < 4.78 is 5.26. The van der Waals surface area contributed by atoms with E-state index in [1.54, 1.807) is 0 Å². The van der Waals surface area contributed by atoms with Gasteiger partial charge >= 0.3 is 0 Å². The molecule has 0 aromatic heterocycles. The first-order valence-corrected chi connectivity index (χ1v) is 6.12. The monoisotopic (exact) mass is 201 g/mol. The van der Waals surface area contributed by atoms with E-state index in [1.165, 1.54) is 32.1 Å². The van der Waals surface area contributed by atoms with Gasteiger partial charge in [-0.2, -0.15) is 0 Å². The molecule has 0 aliphatic heterocycles. The third-order valence-corrected chi connectivity index (χ3v) is 2.43. The quantitative estimate of drug-likeness (QED) is 0.549. The summed E-state index contributed by atoms with van der Waals surface area (Å²) in [7, 11) is 0. The molecule has 0 rings (SSSR count). The number of ether oxygens (including phenoxy) is 1. The van der Waals surface area contributed by atoms with Crippen molar-refractivity contribution in [2.24, 2.45) is 0 Å². The maximum atomic E-state index is 5.26. The number of hydrogen-bond acceptors (Lipinski definition) is 2. The summed E-state index contributed by atoms with van der Waals surface area (Å²) in [5.74, 6) is 0. The molecule has 1 atom stereocenters. The van der Waals surface area contributed by atoms with Crippen molar-refractivity contribution in [1.29, 1.82) is 0 Å². The second-order valence-corrected chi connectivity index (χ2v) is 3.90. The standard InChI is InChI=1S/C12H27NO/c1-4-6-7-8-9-12(3)13-10-11-14-5-2/h12-13H,4-11H2,1-3H3. The van der Waals surface area contributed by atoms with E-state index < -0.39 is 0 Å². The Bertz CT molecular complexity index is 94.5. The summed E-state index contributed by atoms with van der Waals surface area (Å²) in [5.41, 5.74) is 0. The van der Waals surface area contributed by atoms with Crippen LogP contribution in [0.4, 0.5) is 0 Å². The van der Waals surface area contributed by atoms with E-state index >= 15 is 0 Å². The lowest BCUT2D eigenvalue weighted by Gasteiger charge is -2.13. The van der Waals surface area contributed by atoms with Crippen molar-refractivity contribution in [2.45, 2.75) is 58.9 Å². The lowest BCUT2D eigenvalue weighted by atomic mass is 10.1. The van der Waals surface area contributed by atoms with Crippen LogP contribution in [0.25, 0.3) is 0 Å². The number of rotatable bonds is 10. The van der Waals surface area contributed by atoms with Crippen LogP contribution in [-0.2, 0) is 4.74 Å². The Hall–Kier alpha value is -0.0800. The maximum Gasteiger partial charge on any atom is 0.0590 e. The third kappa shape index (κ3) is 10.0. The van der Waals surface area contributed by atoms with Gasteiger partial charge in [0.1, 0.15) is 0 Å². The highest BCUT2D eigenvalue weighted by Crippen LogP contribution is 2.04. The van der Waals surface area contributed by atoms with E-state index in [-0.39, 0.29) is 0 Å². The Balaban J connectivity index is 3.07. The van der Waals surface area contributed by atoms with Gasteiger partial charge in [-0.1, -0.05) is 32.6 Å². The van der Waals surface area contributed by atoms with Crippen molar-refractivity contribution >= 4 is 0 Å². The Labute approximate surface area is 89.4 Å². The van der Waals surface area contributed by atoms with Crippen LogP contribution in [0.3, 0.4) is 0 Å². The van der Waals surface area contributed by atoms with Gasteiger partial charge in [-0.05, 0) is 20.3 Å². The molecule has 0 aliphatic carbocycles. The van der Waals surface area contributed by atoms with Crippen LogP contribution >= 0.6 is 0 Å². The van der Waals surface area contributed by atoms with Crippen LogP contribution in [0.2, 0.25) is 0 Å². The Morgan fingerprint density at radius 3 is 2.57 bits per heavy atom. The zero-order chi connectivity index (χ0) is 10.6. The van der Waals surface area contributed by atoms with Crippen LogP contribution < -0.4 is 5.32 Å². The normalized spacial score (nSPS) is 13.1. The van der Waals surface area contributed by atoms with Crippen molar-refractivity contribution < 1.29 is 4.74 Å². The lowest BCUT2D eigenvalue weighted by molar-refractivity contribution is 0.147. The van der Waals surface area contributed by atoms with E-state index in [0.29, 0.717) is 6.04 Å². The van der Waals surface area contributed by atoms with Crippen LogP contribution in [0.5, 0.6) is 0 Å². The van der Waals surface area contributed by atoms with Gasteiger partial charge < -0.3 is 10.1 Å². The van der Waals surface area contributed by atoms with Crippen LogP contribution in [0, 0.1) is 0 Å². The number of hydrogen-bond donors (Lipinski definition) is 1. The fourth-order valence-corrected chi connectivity index (χ4v) is 1.50. The topological polar surface area (TPSA) is 21.3 Å². The predicted octanol–water partition coefficient (Wildman–Crippen LogP) is 2.97. The highest BCUT2D eigenvalue weighted by molar-refractivity contribution is 4.60. The Morgan fingerprint density at radius 2 is 1.93 bits per heavy atom. The van der Waals surface area contributed by atoms with Gasteiger partial charge in [-0.15, -0.1) is 0 Å². The fraction of sp³-hybridized carbons (Fsp3) is 1.00. The number of nitrogens with one attached hydrogen (secondary N) is 1. The highest BCUT2D eigenvalue weighted by Gasteiger charge is 1.99. The van der Waals surface area contributed by atoms with Gasteiger partial charge in [-0.3, -0.25) is 0 Å². The molecule has 0 heterocycles. The van der Waals surface area contributed by atoms with Gasteiger partial charge in [0.2, 0.25) is 0 Å². The van der Waals surface area contributed by atoms with Crippen molar-refractivity contribution in [3.8, 4) is 0 Å². The summed E-state index contributed by atoms with van der Waals surface area (Å²) in [6, 6.07) is 0.646. The molecule has 0 aromatic rings. The molecule has 1 N–H and O–H groups in total. The fourth-order valence-electron chi connectivity index (χ4n) is 1.50. The molecule has 0 bridgehead atoms.